The van der Waals surface area contributed by atoms with Gasteiger partial charge in [-0.2, -0.15) is 0 Å². The van der Waals surface area contributed by atoms with Gasteiger partial charge in [-0.1, -0.05) is 12.1 Å². The summed E-state index contributed by atoms with van der Waals surface area (Å²) in [5.41, 5.74) is 3.62. The van der Waals surface area contributed by atoms with E-state index in [4.69, 9.17) is 15.1 Å². The highest BCUT2D eigenvalue weighted by atomic mass is 16.4. The largest absolute Gasteiger partial charge is 0.465 e. The van der Waals surface area contributed by atoms with Gasteiger partial charge in [0, 0.05) is 32.4 Å². The van der Waals surface area contributed by atoms with Gasteiger partial charge in [-0.15, -0.1) is 0 Å². The van der Waals surface area contributed by atoms with Crippen molar-refractivity contribution in [1.29, 1.82) is 0 Å². The molecule has 1 aliphatic heterocycles. The molecule has 0 saturated carbocycles. The van der Waals surface area contributed by atoms with E-state index in [0.717, 1.165) is 33.8 Å². The molecule has 0 atom stereocenters. The summed E-state index contributed by atoms with van der Waals surface area (Å²) >= 11 is 0. The van der Waals surface area contributed by atoms with Crippen LogP contribution < -0.4 is 0 Å². The summed E-state index contributed by atoms with van der Waals surface area (Å²) in [5, 5.41) is 9.15. The van der Waals surface area contributed by atoms with Crippen LogP contribution in [0.25, 0.3) is 22.2 Å². The molecule has 1 aromatic carbocycles. The zero-order chi connectivity index (χ0) is 19.8. The molecule has 5 rings (SSSR count). The predicted molar refractivity (Wildman–Crippen MR) is 108 cm³/mol. The normalized spacial score (nSPS) is 15.4. The van der Waals surface area contributed by atoms with Crippen LogP contribution in [0.2, 0.25) is 0 Å². The summed E-state index contributed by atoms with van der Waals surface area (Å²) in [4.78, 5) is 32.2. The van der Waals surface area contributed by atoms with E-state index >= 15 is 0 Å². The van der Waals surface area contributed by atoms with E-state index in [1.54, 1.807) is 6.20 Å². The molecule has 0 radical (unpaired) electrons. The first-order valence-electron chi connectivity index (χ1n) is 9.61. The van der Waals surface area contributed by atoms with E-state index in [1.807, 2.05) is 36.4 Å². The van der Waals surface area contributed by atoms with Crippen LogP contribution in [0.15, 0.2) is 42.6 Å². The molecule has 1 amide bonds. The van der Waals surface area contributed by atoms with E-state index in [0.29, 0.717) is 39.3 Å². The molecule has 0 spiro atoms. The summed E-state index contributed by atoms with van der Waals surface area (Å²) < 4.78 is 2.09. The fourth-order valence-electron chi connectivity index (χ4n) is 3.82. The van der Waals surface area contributed by atoms with Crippen LogP contribution in [-0.2, 0) is 13.1 Å². The SMILES string of the molecule is O=C(O)N1CCN(Cc2nc3cccnc3n2Cc2nc3ccccc3[nH]2)CC1. The minimum atomic E-state index is -0.856. The number of H-pyrrole nitrogens is 1. The highest BCUT2D eigenvalue weighted by Crippen LogP contribution is 2.19. The van der Waals surface area contributed by atoms with Gasteiger partial charge in [0.15, 0.2) is 5.65 Å². The minimum absolute atomic E-state index is 0.511. The third-order valence-electron chi connectivity index (χ3n) is 5.34. The number of nitrogens with zero attached hydrogens (tertiary/aromatic N) is 6. The van der Waals surface area contributed by atoms with Crippen molar-refractivity contribution < 1.29 is 9.90 Å². The smallest absolute Gasteiger partial charge is 0.407 e. The van der Waals surface area contributed by atoms with Crippen LogP contribution in [0.3, 0.4) is 0 Å². The highest BCUT2D eigenvalue weighted by Gasteiger charge is 2.23. The number of piperazine rings is 1. The van der Waals surface area contributed by atoms with Crippen molar-refractivity contribution in [3.63, 3.8) is 0 Å². The lowest BCUT2D eigenvalue weighted by Crippen LogP contribution is -2.48. The van der Waals surface area contributed by atoms with Gasteiger partial charge in [0.1, 0.15) is 17.2 Å². The van der Waals surface area contributed by atoms with Gasteiger partial charge in [-0.25, -0.2) is 19.7 Å². The number of imidazole rings is 2. The van der Waals surface area contributed by atoms with Crippen molar-refractivity contribution in [1.82, 2.24) is 34.3 Å². The molecule has 1 saturated heterocycles. The number of aromatic amines is 1. The topological polar surface area (TPSA) is 103 Å². The van der Waals surface area contributed by atoms with Crippen molar-refractivity contribution in [2.45, 2.75) is 13.1 Å². The zero-order valence-electron chi connectivity index (χ0n) is 15.8. The van der Waals surface area contributed by atoms with Gasteiger partial charge in [0.05, 0.1) is 24.1 Å². The molecule has 4 heterocycles. The van der Waals surface area contributed by atoms with Gasteiger partial charge in [0.2, 0.25) is 0 Å². The molecule has 1 aliphatic rings. The summed E-state index contributed by atoms with van der Waals surface area (Å²) in [7, 11) is 0. The highest BCUT2D eigenvalue weighted by molar-refractivity contribution is 5.75. The second-order valence-corrected chi connectivity index (χ2v) is 7.21. The van der Waals surface area contributed by atoms with E-state index in [2.05, 4.69) is 19.4 Å². The van der Waals surface area contributed by atoms with Crippen molar-refractivity contribution in [3.8, 4) is 0 Å². The molecular formula is C20H21N7O2. The Kier molecular flexibility index (Phi) is 4.36. The lowest BCUT2D eigenvalue weighted by molar-refractivity contribution is 0.101. The average molecular weight is 391 g/mol. The van der Waals surface area contributed by atoms with Crippen molar-refractivity contribution >= 4 is 28.3 Å². The number of para-hydroxylation sites is 2. The Balaban J connectivity index is 1.44. The summed E-state index contributed by atoms with van der Waals surface area (Å²) in [5.74, 6) is 1.76. The first-order chi connectivity index (χ1) is 14.2. The molecule has 2 N–H and O–H groups in total. The number of amides is 1. The molecule has 3 aromatic heterocycles. The maximum atomic E-state index is 11.1. The quantitative estimate of drug-likeness (QED) is 0.553. The van der Waals surface area contributed by atoms with Crippen LogP contribution in [0.5, 0.6) is 0 Å². The summed E-state index contributed by atoms with van der Waals surface area (Å²) in [6.07, 6.45) is 0.917. The standard InChI is InChI=1S/C20H21N7O2/c28-20(29)26-10-8-25(9-11-26)13-18-24-16-6-3-7-21-19(16)27(18)12-17-22-14-4-1-2-5-15(14)23-17/h1-7H,8-13H2,(H,22,23)(H,28,29). The Morgan fingerprint density at radius 1 is 1.00 bits per heavy atom. The van der Waals surface area contributed by atoms with E-state index < -0.39 is 6.09 Å². The maximum absolute atomic E-state index is 11.1. The second-order valence-electron chi connectivity index (χ2n) is 7.21. The number of hydrogen-bond donors (Lipinski definition) is 2. The molecule has 148 valence electrons. The number of benzene rings is 1. The van der Waals surface area contributed by atoms with Gasteiger partial charge >= 0.3 is 6.09 Å². The molecule has 9 nitrogen and oxygen atoms in total. The molecule has 4 aromatic rings. The average Bonchev–Trinajstić information content (AvgIpc) is 3.30. The van der Waals surface area contributed by atoms with Crippen molar-refractivity contribution in [2.24, 2.45) is 0 Å². The Bertz CT molecular complexity index is 1140. The number of pyridine rings is 1. The Morgan fingerprint density at radius 2 is 1.79 bits per heavy atom. The van der Waals surface area contributed by atoms with Crippen LogP contribution >= 0.6 is 0 Å². The molecule has 0 aliphatic carbocycles. The fraction of sp³-hybridized carbons (Fsp3) is 0.300. The Labute approximate surface area is 166 Å². The summed E-state index contributed by atoms with van der Waals surface area (Å²) in [6.45, 7) is 3.59. The number of carboxylic acid groups (broad SMARTS) is 1. The van der Waals surface area contributed by atoms with Gasteiger partial charge < -0.3 is 19.6 Å². The molecule has 0 unspecified atom stereocenters. The van der Waals surface area contributed by atoms with Gasteiger partial charge in [-0.3, -0.25) is 4.90 Å². The Morgan fingerprint density at radius 3 is 2.59 bits per heavy atom. The van der Waals surface area contributed by atoms with E-state index in [9.17, 15) is 4.79 Å². The first kappa shape index (κ1) is 17.6. The maximum Gasteiger partial charge on any atom is 0.407 e. The minimum Gasteiger partial charge on any atom is -0.465 e. The number of nitrogens with one attached hydrogen (secondary N) is 1. The predicted octanol–water partition coefficient (Wildman–Crippen LogP) is 2.15. The van der Waals surface area contributed by atoms with Crippen LogP contribution in [0.1, 0.15) is 11.6 Å². The van der Waals surface area contributed by atoms with E-state index in [-0.39, 0.29) is 0 Å². The number of rotatable bonds is 4. The Hall–Kier alpha value is -3.46. The molecule has 1 fully saturated rings. The van der Waals surface area contributed by atoms with Crippen LogP contribution in [0.4, 0.5) is 4.79 Å². The third-order valence-corrected chi connectivity index (χ3v) is 5.34. The van der Waals surface area contributed by atoms with Gasteiger partial charge in [-0.05, 0) is 24.3 Å². The lowest BCUT2D eigenvalue weighted by atomic mass is 10.3. The molecule has 9 heteroatoms. The third kappa shape index (κ3) is 3.40. The monoisotopic (exact) mass is 391 g/mol. The van der Waals surface area contributed by atoms with Crippen molar-refractivity contribution in [2.75, 3.05) is 26.2 Å². The number of carbonyl (C=O) groups is 1. The molecule has 29 heavy (non-hydrogen) atoms. The number of fused-ring (bicyclic) bond motifs is 2. The van der Waals surface area contributed by atoms with Crippen LogP contribution in [0, 0.1) is 0 Å². The second kappa shape index (κ2) is 7.17. The van der Waals surface area contributed by atoms with Gasteiger partial charge in [0.25, 0.3) is 0 Å². The lowest BCUT2D eigenvalue weighted by Gasteiger charge is -2.32. The van der Waals surface area contributed by atoms with Crippen molar-refractivity contribution in [3.05, 3.63) is 54.2 Å². The fourth-order valence-corrected chi connectivity index (χ4v) is 3.82. The zero-order valence-corrected chi connectivity index (χ0v) is 15.8. The van der Waals surface area contributed by atoms with E-state index in [1.165, 1.54) is 4.90 Å². The number of aromatic nitrogens is 5. The summed E-state index contributed by atoms with van der Waals surface area (Å²) in [6, 6.07) is 11.8. The number of hydrogen-bond acceptors (Lipinski definition) is 5. The van der Waals surface area contributed by atoms with Crippen LogP contribution in [-0.4, -0.2) is 71.7 Å². The molecule has 0 bridgehead atoms. The molecular weight excluding hydrogens is 370 g/mol. The first-order valence-corrected chi connectivity index (χ1v) is 9.61.